The van der Waals surface area contributed by atoms with Gasteiger partial charge in [-0.3, -0.25) is 0 Å². The van der Waals surface area contributed by atoms with E-state index in [1.165, 1.54) is 44.1 Å². The molecule has 1 saturated carbocycles. The van der Waals surface area contributed by atoms with Gasteiger partial charge in [0, 0.05) is 11.1 Å². The second-order valence-electron chi connectivity index (χ2n) is 10.2. The zero-order chi connectivity index (χ0) is 18.9. The first-order valence-electron chi connectivity index (χ1n) is 10.8. The minimum absolute atomic E-state index is 0.178. The van der Waals surface area contributed by atoms with Crippen molar-refractivity contribution in [3.63, 3.8) is 0 Å². The van der Waals surface area contributed by atoms with Crippen molar-refractivity contribution in [2.24, 2.45) is 5.92 Å². The highest BCUT2D eigenvalue weighted by Crippen LogP contribution is 2.45. The van der Waals surface area contributed by atoms with Gasteiger partial charge in [0.15, 0.2) is 0 Å². The van der Waals surface area contributed by atoms with Crippen LogP contribution >= 0.6 is 0 Å². The van der Waals surface area contributed by atoms with Crippen LogP contribution in [0.3, 0.4) is 0 Å². The Morgan fingerprint density at radius 1 is 0.846 bits per heavy atom. The fraction of sp³-hybridized carbons (Fsp3) is 0.750. The van der Waals surface area contributed by atoms with Crippen LogP contribution in [0.25, 0.3) is 0 Å². The molecule has 1 aromatic rings. The van der Waals surface area contributed by atoms with E-state index >= 15 is 0 Å². The Kier molecular flexibility index (Phi) is 5.84. The summed E-state index contributed by atoms with van der Waals surface area (Å²) in [7, 11) is 0. The Morgan fingerprint density at radius 3 is 1.77 bits per heavy atom. The Labute approximate surface area is 160 Å². The first kappa shape index (κ1) is 19.9. The van der Waals surface area contributed by atoms with Gasteiger partial charge in [-0.1, -0.05) is 44.0 Å². The van der Waals surface area contributed by atoms with E-state index in [1.54, 1.807) is 10.6 Å². The van der Waals surface area contributed by atoms with Crippen LogP contribution in [-0.2, 0) is 0 Å². The average molecular weight is 358 g/mol. The fourth-order valence-electron chi connectivity index (χ4n) is 5.74. The van der Waals surface area contributed by atoms with E-state index in [9.17, 15) is 5.21 Å². The van der Waals surface area contributed by atoms with Gasteiger partial charge in [0.25, 0.3) is 0 Å². The number of rotatable bonds is 4. The van der Waals surface area contributed by atoms with Gasteiger partial charge < -0.3 is 5.21 Å². The van der Waals surface area contributed by atoms with Gasteiger partial charge in [0.05, 0.1) is 0 Å². The van der Waals surface area contributed by atoms with Crippen molar-refractivity contribution >= 4 is 0 Å². The zero-order valence-electron chi connectivity index (χ0n) is 17.6. The number of hydrogen-bond donors (Lipinski definition) is 1. The molecule has 2 fully saturated rings. The van der Waals surface area contributed by atoms with Gasteiger partial charge in [-0.05, 0) is 95.1 Å². The van der Waals surface area contributed by atoms with Gasteiger partial charge in [-0.15, -0.1) is 0 Å². The molecular formula is C24H39NO. The lowest BCUT2D eigenvalue weighted by Crippen LogP contribution is -2.58. The molecule has 1 aliphatic carbocycles. The molecule has 146 valence electrons. The normalized spacial score (nSPS) is 29.6. The van der Waals surface area contributed by atoms with Crippen molar-refractivity contribution in [3.8, 4) is 0 Å². The van der Waals surface area contributed by atoms with Crippen LogP contribution in [0.1, 0.15) is 109 Å². The topological polar surface area (TPSA) is 23.5 Å². The smallest absolute Gasteiger partial charge is 0.0416 e. The average Bonchev–Trinajstić information content (AvgIpc) is 2.60. The molecule has 2 nitrogen and oxygen atoms in total. The van der Waals surface area contributed by atoms with Crippen molar-refractivity contribution in [2.75, 3.05) is 0 Å². The third-order valence-electron chi connectivity index (χ3n) is 7.06. The van der Waals surface area contributed by atoms with E-state index in [2.05, 4.69) is 58.9 Å². The monoisotopic (exact) mass is 357 g/mol. The van der Waals surface area contributed by atoms with Crippen LogP contribution in [-0.4, -0.2) is 21.3 Å². The molecule has 3 rings (SSSR count). The first-order valence-corrected chi connectivity index (χ1v) is 10.8. The van der Waals surface area contributed by atoms with E-state index in [0.717, 1.165) is 24.7 Å². The van der Waals surface area contributed by atoms with Crippen LogP contribution < -0.4 is 0 Å². The number of nitrogens with zero attached hydrogens (tertiary/aromatic N) is 1. The molecule has 0 atom stereocenters. The lowest BCUT2D eigenvalue weighted by atomic mass is 9.72. The number of hydroxylamine groups is 2. The molecule has 0 spiro atoms. The second kappa shape index (κ2) is 7.64. The molecule has 0 amide bonds. The quantitative estimate of drug-likeness (QED) is 0.634. The van der Waals surface area contributed by atoms with Gasteiger partial charge in [0.1, 0.15) is 0 Å². The molecule has 0 bridgehead atoms. The molecular weight excluding hydrogens is 318 g/mol. The zero-order valence-corrected chi connectivity index (χ0v) is 17.6. The van der Waals surface area contributed by atoms with Crippen molar-refractivity contribution < 1.29 is 5.21 Å². The maximum absolute atomic E-state index is 10.5. The molecule has 26 heavy (non-hydrogen) atoms. The van der Waals surface area contributed by atoms with Crippen LogP contribution in [0, 0.1) is 5.92 Å². The van der Waals surface area contributed by atoms with Gasteiger partial charge in [-0.2, -0.15) is 5.06 Å². The lowest BCUT2D eigenvalue weighted by molar-refractivity contribution is -0.245. The third-order valence-corrected chi connectivity index (χ3v) is 7.06. The van der Waals surface area contributed by atoms with Crippen LogP contribution in [0.2, 0.25) is 0 Å². The van der Waals surface area contributed by atoms with E-state index in [1.807, 2.05) is 0 Å². The Morgan fingerprint density at radius 2 is 1.31 bits per heavy atom. The summed E-state index contributed by atoms with van der Waals surface area (Å²) in [4.78, 5) is 0. The Bertz CT molecular complexity index is 563. The predicted octanol–water partition coefficient (Wildman–Crippen LogP) is 6.89. The molecule has 0 unspecified atom stereocenters. The summed E-state index contributed by atoms with van der Waals surface area (Å²) in [6.45, 7) is 10.9. The fourth-order valence-corrected chi connectivity index (χ4v) is 5.74. The first-order chi connectivity index (χ1) is 12.2. The minimum atomic E-state index is -0.178. The van der Waals surface area contributed by atoms with E-state index < -0.39 is 0 Å². The number of piperidine rings is 1. The largest absolute Gasteiger partial charge is 0.313 e. The standard InChI is InChI=1S/C24H39NO/c1-6-7-18-8-10-19(11-9-18)20-12-14-21(15-13-20)22-16-23(2,3)25(26)24(4,5)17-22/h12-15,18-19,22,26H,6-11,16-17H2,1-5H3. The van der Waals surface area contributed by atoms with Crippen molar-refractivity contribution in [1.82, 2.24) is 5.06 Å². The molecule has 0 radical (unpaired) electrons. The molecule has 2 heteroatoms. The predicted molar refractivity (Wildman–Crippen MR) is 110 cm³/mol. The molecule has 1 aromatic carbocycles. The Balaban J connectivity index is 1.67. The molecule has 2 aliphatic rings. The third kappa shape index (κ3) is 4.17. The maximum Gasteiger partial charge on any atom is 0.0416 e. The summed E-state index contributed by atoms with van der Waals surface area (Å²) < 4.78 is 0. The summed E-state index contributed by atoms with van der Waals surface area (Å²) in [6.07, 6.45) is 10.3. The summed E-state index contributed by atoms with van der Waals surface area (Å²) in [5.41, 5.74) is 2.63. The number of benzene rings is 1. The van der Waals surface area contributed by atoms with Gasteiger partial charge in [-0.25, -0.2) is 0 Å². The van der Waals surface area contributed by atoms with Crippen molar-refractivity contribution in [1.29, 1.82) is 0 Å². The molecule has 1 heterocycles. The minimum Gasteiger partial charge on any atom is -0.313 e. The summed E-state index contributed by atoms with van der Waals surface area (Å²) in [5, 5.41) is 12.1. The summed E-state index contributed by atoms with van der Waals surface area (Å²) in [6, 6.07) is 9.53. The van der Waals surface area contributed by atoms with Gasteiger partial charge >= 0.3 is 0 Å². The van der Waals surface area contributed by atoms with Crippen LogP contribution in [0.4, 0.5) is 0 Å². The summed E-state index contributed by atoms with van der Waals surface area (Å²) in [5.74, 6) is 2.27. The molecule has 1 aliphatic heterocycles. The van der Waals surface area contributed by atoms with E-state index in [-0.39, 0.29) is 11.1 Å². The van der Waals surface area contributed by atoms with E-state index in [4.69, 9.17) is 0 Å². The molecule has 1 N–H and O–H groups in total. The maximum atomic E-state index is 10.5. The second-order valence-corrected chi connectivity index (χ2v) is 10.2. The highest BCUT2D eigenvalue weighted by Gasteiger charge is 2.45. The molecule has 0 aromatic heterocycles. The highest BCUT2D eigenvalue weighted by atomic mass is 16.5. The SMILES string of the molecule is CCCC1CCC(c2ccc(C3CC(C)(C)N(O)C(C)(C)C3)cc2)CC1. The summed E-state index contributed by atoms with van der Waals surface area (Å²) >= 11 is 0. The lowest BCUT2D eigenvalue weighted by Gasteiger charge is -2.51. The number of hydrogen-bond acceptors (Lipinski definition) is 2. The van der Waals surface area contributed by atoms with Crippen LogP contribution in [0.15, 0.2) is 24.3 Å². The Hall–Kier alpha value is -0.860. The van der Waals surface area contributed by atoms with Crippen LogP contribution in [0.5, 0.6) is 0 Å². The molecule has 1 saturated heterocycles. The highest BCUT2D eigenvalue weighted by molar-refractivity contribution is 5.29. The van der Waals surface area contributed by atoms with Gasteiger partial charge in [0.2, 0.25) is 0 Å². The van der Waals surface area contributed by atoms with Crippen molar-refractivity contribution in [2.45, 2.75) is 109 Å². The van der Waals surface area contributed by atoms with Crippen molar-refractivity contribution in [3.05, 3.63) is 35.4 Å². The van der Waals surface area contributed by atoms with E-state index in [0.29, 0.717) is 5.92 Å².